The maximum atomic E-state index is 4.52. The highest BCUT2D eigenvalue weighted by atomic mass is 32.1. The van der Waals surface area contributed by atoms with E-state index in [1.165, 1.54) is 4.70 Å². The lowest BCUT2D eigenvalue weighted by Crippen LogP contribution is -1.93. The van der Waals surface area contributed by atoms with Crippen molar-refractivity contribution < 1.29 is 0 Å². The van der Waals surface area contributed by atoms with E-state index in [2.05, 4.69) is 21.2 Å². The third-order valence-corrected chi connectivity index (χ3v) is 3.24. The fourth-order valence-corrected chi connectivity index (χ4v) is 2.43. The molecule has 0 spiro atoms. The van der Waals surface area contributed by atoms with Crippen LogP contribution in [0, 0.1) is 6.92 Å². The first-order chi connectivity index (χ1) is 7.34. The molecule has 0 amide bonds. The molecule has 15 heavy (non-hydrogen) atoms. The second kappa shape index (κ2) is 3.13. The van der Waals surface area contributed by atoms with E-state index in [9.17, 15) is 0 Å². The SMILES string of the molecule is Cc1nncn1-c1nc2ccccc2s1. The number of aryl methyl sites for hydroxylation is 1. The Labute approximate surface area is 90.2 Å². The van der Waals surface area contributed by atoms with Gasteiger partial charge in [0.1, 0.15) is 12.2 Å². The van der Waals surface area contributed by atoms with E-state index >= 15 is 0 Å². The van der Waals surface area contributed by atoms with Gasteiger partial charge in [-0.25, -0.2) is 4.98 Å². The predicted molar refractivity (Wildman–Crippen MR) is 59.3 cm³/mol. The Balaban J connectivity index is 2.24. The summed E-state index contributed by atoms with van der Waals surface area (Å²) < 4.78 is 3.07. The quantitative estimate of drug-likeness (QED) is 0.626. The van der Waals surface area contributed by atoms with Crippen molar-refractivity contribution in [3.05, 3.63) is 36.4 Å². The molecule has 0 N–H and O–H groups in total. The average molecular weight is 216 g/mol. The van der Waals surface area contributed by atoms with Gasteiger partial charge in [0.05, 0.1) is 10.2 Å². The summed E-state index contributed by atoms with van der Waals surface area (Å²) in [5.74, 6) is 0.856. The molecule has 1 aromatic carbocycles. The molecule has 2 aromatic heterocycles. The molecule has 0 aliphatic carbocycles. The summed E-state index contributed by atoms with van der Waals surface area (Å²) in [4.78, 5) is 4.52. The third-order valence-electron chi connectivity index (χ3n) is 2.21. The number of nitrogens with zero attached hydrogens (tertiary/aromatic N) is 4. The van der Waals surface area contributed by atoms with Crippen molar-refractivity contribution >= 4 is 21.6 Å². The van der Waals surface area contributed by atoms with Crippen LogP contribution in [0.25, 0.3) is 15.3 Å². The highest BCUT2D eigenvalue weighted by Gasteiger charge is 2.07. The summed E-state index contributed by atoms with van der Waals surface area (Å²) in [6.07, 6.45) is 1.69. The van der Waals surface area contributed by atoms with Gasteiger partial charge in [-0.1, -0.05) is 23.5 Å². The van der Waals surface area contributed by atoms with Crippen LogP contribution in [-0.4, -0.2) is 19.7 Å². The van der Waals surface area contributed by atoms with E-state index in [-0.39, 0.29) is 0 Å². The molecule has 5 heteroatoms. The predicted octanol–water partition coefficient (Wildman–Crippen LogP) is 2.19. The lowest BCUT2D eigenvalue weighted by Gasteiger charge is -1.94. The standard InChI is InChI=1S/C10H8N4S/c1-7-13-11-6-14(7)10-12-8-4-2-3-5-9(8)15-10/h2-6H,1H3. The first-order valence-corrected chi connectivity index (χ1v) is 5.39. The number of fused-ring (bicyclic) bond motifs is 1. The molecule has 0 saturated heterocycles. The molecule has 0 atom stereocenters. The molecule has 4 nitrogen and oxygen atoms in total. The maximum absolute atomic E-state index is 4.52. The van der Waals surface area contributed by atoms with Gasteiger partial charge < -0.3 is 0 Å². The lowest BCUT2D eigenvalue weighted by molar-refractivity contribution is 0.961. The Kier molecular flexibility index (Phi) is 1.78. The van der Waals surface area contributed by atoms with Crippen LogP contribution in [0.2, 0.25) is 0 Å². The van der Waals surface area contributed by atoms with Gasteiger partial charge in [0, 0.05) is 0 Å². The molecule has 74 valence electrons. The number of thiazole rings is 1. The average Bonchev–Trinajstić information content (AvgIpc) is 2.82. The number of aromatic nitrogens is 4. The van der Waals surface area contributed by atoms with E-state index in [0.717, 1.165) is 16.5 Å². The Morgan fingerprint density at radius 2 is 2.13 bits per heavy atom. The number of benzene rings is 1. The molecule has 0 aliphatic rings. The van der Waals surface area contributed by atoms with Gasteiger partial charge in [0.15, 0.2) is 5.13 Å². The first kappa shape index (κ1) is 8.55. The Bertz CT molecular complexity index is 577. The van der Waals surface area contributed by atoms with Gasteiger partial charge >= 0.3 is 0 Å². The summed E-state index contributed by atoms with van der Waals surface area (Å²) in [5, 5.41) is 8.71. The van der Waals surface area contributed by atoms with E-state index in [1.807, 2.05) is 29.7 Å². The largest absolute Gasteiger partial charge is 0.260 e. The van der Waals surface area contributed by atoms with Crippen LogP contribution in [0.5, 0.6) is 0 Å². The normalized spacial score (nSPS) is 11.0. The van der Waals surface area contributed by atoms with Crippen molar-refractivity contribution in [2.45, 2.75) is 6.92 Å². The molecule has 3 rings (SSSR count). The zero-order chi connectivity index (χ0) is 10.3. The van der Waals surface area contributed by atoms with E-state index in [0.29, 0.717) is 0 Å². The van der Waals surface area contributed by atoms with Crippen molar-refractivity contribution in [3.8, 4) is 5.13 Å². The molecule has 0 radical (unpaired) electrons. The van der Waals surface area contributed by atoms with Crippen LogP contribution in [0.4, 0.5) is 0 Å². The van der Waals surface area contributed by atoms with Gasteiger partial charge in [-0.3, -0.25) is 4.57 Å². The summed E-state index contributed by atoms with van der Waals surface area (Å²) in [6.45, 7) is 1.92. The second-order valence-electron chi connectivity index (χ2n) is 3.21. The minimum Gasteiger partial charge on any atom is -0.260 e. The monoisotopic (exact) mass is 216 g/mol. The summed E-state index contributed by atoms with van der Waals surface area (Å²) in [7, 11) is 0. The molecule has 0 aliphatic heterocycles. The van der Waals surface area contributed by atoms with Crippen LogP contribution < -0.4 is 0 Å². The van der Waals surface area contributed by atoms with E-state index < -0.39 is 0 Å². The molecular formula is C10H8N4S. The van der Waals surface area contributed by atoms with Crippen molar-refractivity contribution in [3.63, 3.8) is 0 Å². The molecule has 0 fully saturated rings. The molecule has 0 unspecified atom stereocenters. The van der Waals surface area contributed by atoms with Gasteiger partial charge in [0.2, 0.25) is 0 Å². The fraction of sp³-hybridized carbons (Fsp3) is 0.100. The Morgan fingerprint density at radius 1 is 1.27 bits per heavy atom. The van der Waals surface area contributed by atoms with Gasteiger partial charge in [-0.05, 0) is 19.1 Å². The molecule has 0 saturated carbocycles. The molecule has 0 bridgehead atoms. The van der Waals surface area contributed by atoms with Crippen molar-refractivity contribution in [2.75, 3.05) is 0 Å². The molecular weight excluding hydrogens is 208 g/mol. The van der Waals surface area contributed by atoms with Crippen LogP contribution in [0.15, 0.2) is 30.6 Å². The Hall–Kier alpha value is -1.75. The number of rotatable bonds is 1. The number of para-hydroxylation sites is 1. The summed E-state index contributed by atoms with van der Waals surface area (Å²) >= 11 is 1.64. The highest BCUT2D eigenvalue weighted by molar-refractivity contribution is 7.20. The second-order valence-corrected chi connectivity index (χ2v) is 4.22. The lowest BCUT2D eigenvalue weighted by atomic mass is 10.3. The summed E-state index contributed by atoms with van der Waals surface area (Å²) in [6, 6.07) is 8.08. The van der Waals surface area contributed by atoms with Gasteiger partial charge in [-0.15, -0.1) is 10.2 Å². The van der Waals surface area contributed by atoms with Crippen LogP contribution in [0.3, 0.4) is 0 Å². The molecule has 3 aromatic rings. The number of hydrogen-bond acceptors (Lipinski definition) is 4. The zero-order valence-electron chi connectivity index (χ0n) is 8.08. The maximum Gasteiger partial charge on any atom is 0.197 e. The van der Waals surface area contributed by atoms with Crippen LogP contribution >= 0.6 is 11.3 Å². The van der Waals surface area contributed by atoms with Gasteiger partial charge in [0.25, 0.3) is 0 Å². The molecule has 2 heterocycles. The fourth-order valence-electron chi connectivity index (χ4n) is 1.44. The highest BCUT2D eigenvalue weighted by Crippen LogP contribution is 2.24. The topological polar surface area (TPSA) is 43.6 Å². The van der Waals surface area contributed by atoms with Crippen LogP contribution in [0.1, 0.15) is 5.82 Å². The van der Waals surface area contributed by atoms with Crippen molar-refractivity contribution in [1.82, 2.24) is 19.7 Å². The van der Waals surface area contributed by atoms with Gasteiger partial charge in [-0.2, -0.15) is 0 Å². The minimum atomic E-state index is 0.856. The van der Waals surface area contributed by atoms with E-state index in [4.69, 9.17) is 0 Å². The minimum absolute atomic E-state index is 0.856. The van der Waals surface area contributed by atoms with Crippen molar-refractivity contribution in [1.29, 1.82) is 0 Å². The smallest absolute Gasteiger partial charge is 0.197 e. The number of hydrogen-bond donors (Lipinski definition) is 0. The van der Waals surface area contributed by atoms with E-state index in [1.54, 1.807) is 17.7 Å². The third kappa shape index (κ3) is 1.32. The zero-order valence-corrected chi connectivity index (χ0v) is 8.90. The first-order valence-electron chi connectivity index (χ1n) is 4.57. The Morgan fingerprint density at radius 3 is 2.87 bits per heavy atom. The van der Waals surface area contributed by atoms with Crippen LogP contribution in [-0.2, 0) is 0 Å². The summed E-state index contributed by atoms with van der Waals surface area (Å²) in [5.41, 5.74) is 1.02. The van der Waals surface area contributed by atoms with Crippen molar-refractivity contribution in [2.24, 2.45) is 0 Å².